The maximum Gasteiger partial charge on any atom is 0.303 e. The number of amides is 1. The molecule has 1 atom stereocenters. The van der Waals surface area contributed by atoms with Gasteiger partial charge in [0.05, 0.1) is 0 Å². The van der Waals surface area contributed by atoms with Crippen molar-refractivity contribution in [2.75, 3.05) is 26.2 Å². The highest BCUT2D eigenvalue weighted by atomic mass is 16.4. The van der Waals surface area contributed by atoms with Crippen LogP contribution < -0.4 is 5.32 Å². The zero-order chi connectivity index (χ0) is 13.0. The summed E-state index contributed by atoms with van der Waals surface area (Å²) in [5, 5.41) is 12.1. The fourth-order valence-corrected chi connectivity index (χ4v) is 3.01. The summed E-state index contributed by atoms with van der Waals surface area (Å²) in [6.07, 6.45) is 3.89. The van der Waals surface area contributed by atoms with Crippen molar-refractivity contribution in [3.63, 3.8) is 0 Å². The molecule has 0 aromatic rings. The molecule has 0 saturated carbocycles. The molecule has 5 heteroatoms. The molecule has 1 unspecified atom stereocenters. The fourth-order valence-electron chi connectivity index (χ4n) is 3.01. The number of nitrogens with one attached hydrogen (secondary N) is 1. The molecule has 0 radical (unpaired) electrons. The summed E-state index contributed by atoms with van der Waals surface area (Å²) in [5.41, 5.74) is 0. The number of carboxylic acid groups (broad SMARTS) is 1. The van der Waals surface area contributed by atoms with E-state index in [1.54, 1.807) is 0 Å². The first-order chi connectivity index (χ1) is 8.66. The van der Waals surface area contributed by atoms with Gasteiger partial charge in [-0.25, -0.2) is 0 Å². The molecule has 1 amide bonds. The van der Waals surface area contributed by atoms with Gasteiger partial charge in [0, 0.05) is 25.4 Å². The predicted octanol–water partition coefficient (Wildman–Crippen LogP) is 0.699. The number of rotatable bonds is 3. The normalized spacial score (nSPS) is 26.0. The van der Waals surface area contributed by atoms with E-state index in [0.717, 1.165) is 45.3 Å². The quantitative estimate of drug-likeness (QED) is 0.778. The Hall–Kier alpha value is -1.10. The molecule has 2 aliphatic rings. The Bertz CT molecular complexity index is 313. The molecule has 0 spiro atoms. The largest absolute Gasteiger partial charge is 0.481 e. The molecule has 2 heterocycles. The van der Waals surface area contributed by atoms with Crippen molar-refractivity contribution in [2.45, 2.75) is 32.1 Å². The van der Waals surface area contributed by atoms with Crippen molar-refractivity contribution >= 4 is 11.9 Å². The molecule has 0 aromatic carbocycles. The van der Waals surface area contributed by atoms with Crippen molar-refractivity contribution in [2.24, 2.45) is 11.8 Å². The van der Waals surface area contributed by atoms with Crippen molar-refractivity contribution in [1.29, 1.82) is 0 Å². The van der Waals surface area contributed by atoms with Gasteiger partial charge in [-0.05, 0) is 44.7 Å². The lowest BCUT2D eigenvalue weighted by Gasteiger charge is -2.35. The molecular weight excluding hydrogens is 232 g/mol. The lowest BCUT2D eigenvalue weighted by atomic mass is 9.91. The third kappa shape index (κ3) is 3.45. The summed E-state index contributed by atoms with van der Waals surface area (Å²) in [6.45, 7) is 3.28. The van der Waals surface area contributed by atoms with E-state index in [0.29, 0.717) is 6.54 Å². The Kier molecular flexibility index (Phi) is 4.58. The summed E-state index contributed by atoms with van der Waals surface area (Å²) in [4.78, 5) is 25.0. The summed E-state index contributed by atoms with van der Waals surface area (Å²) in [6, 6.07) is 0. The van der Waals surface area contributed by atoms with Gasteiger partial charge in [-0.3, -0.25) is 9.59 Å². The zero-order valence-electron chi connectivity index (χ0n) is 10.7. The van der Waals surface area contributed by atoms with Gasteiger partial charge >= 0.3 is 5.97 Å². The van der Waals surface area contributed by atoms with Crippen LogP contribution in [-0.2, 0) is 9.59 Å². The van der Waals surface area contributed by atoms with E-state index in [1.165, 1.54) is 0 Å². The van der Waals surface area contributed by atoms with Crippen LogP contribution in [0.3, 0.4) is 0 Å². The number of likely N-dealkylation sites (tertiary alicyclic amines) is 1. The minimum absolute atomic E-state index is 0.141. The van der Waals surface area contributed by atoms with Crippen molar-refractivity contribution in [3.05, 3.63) is 0 Å². The van der Waals surface area contributed by atoms with Crippen LogP contribution in [0.1, 0.15) is 32.1 Å². The number of carboxylic acids is 1. The second-order valence-electron chi connectivity index (χ2n) is 5.41. The summed E-state index contributed by atoms with van der Waals surface area (Å²) >= 11 is 0. The molecule has 2 aliphatic heterocycles. The molecule has 0 aliphatic carbocycles. The van der Waals surface area contributed by atoms with Crippen LogP contribution in [0.5, 0.6) is 0 Å². The SMILES string of the molecule is O=C(O)CC1CCCN(C(=O)C2CCNCC2)C1. The molecule has 0 bridgehead atoms. The first-order valence-corrected chi connectivity index (χ1v) is 6.88. The zero-order valence-corrected chi connectivity index (χ0v) is 10.7. The number of carbonyl (C=O) groups excluding carboxylic acids is 1. The third-order valence-electron chi connectivity index (χ3n) is 3.98. The second-order valence-corrected chi connectivity index (χ2v) is 5.41. The summed E-state index contributed by atoms with van der Waals surface area (Å²) in [5.74, 6) is -0.223. The number of hydrogen-bond acceptors (Lipinski definition) is 3. The van der Waals surface area contributed by atoms with E-state index in [1.807, 2.05) is 4.90 Å². The van der Waals surface area contributed by atoms with Crippen LogP contribution in [0.25, 0.3) is 0 Å². The van der Waals surface area contributed by atoms with Crippen LogP contribution in [0.2, 0.25) is 0 Å². The van der Waals surface area contributed by atoms with Crippen molar-refractivity contribution in [3.8, 4) is 0 Å². The van der Waals surface area contributed by atoms with Crippen molar-refractivity contribution in [1.82, 2.24) is 10.2 Å². The Morgan fingerprint density at radius 3 is 2.61 bits per heavy atom. The maximum absolute atomic E-state index is 12.3. The van der Waals surface area contributed by atoms with Gasteiger partial charge in [-0.1, -0.05) is 0 Å². The van der Waals surface area contributed by atoms with E-state index in [9.17, 15) is 9.59 Å². The molecule has 102 valence electrons. The Balaban J connectivity index is 1.87. The monoisotopic (exact) mass is 254 g/mol. The summed E-state index contributed by atoms with van der Waals surface area (Å²) < 4.78 is 0. The lowest BCUT2D eigenvalue weighted by Crippen LogP contribution is -2.45. The molecule has 2 N–H and O–H groups in total. The van der Waals surface area contributed by atoms with Crippen LogP contribution in [0, 0.1) is 11.8 Å². The fraction of sp³-hybridized carbons (Fsp3) is 0.846. The molecule has 0 aromatic heterocycles. The van der Waals surface area contributed by atoms with E-state index in [4.69, 9.17) is 5.11 Å². The van der Waals surface area contributed by atoms with Crippen LogP contribution in [0.4, 0.5) is 0 Å². The van der Waals surface area contributed by atoms with Gasteiger partial charge in [0.2, 0.25) is 5.91 Å². The Labute approximate surface area is 108 Å². The van der Waals surface area contributed by atoms with E-state index in [-0.39, 0.29) is 24.2 Å². The molecule has 5 nitrogen and oxygen atoms in total. The van der Waals surface area contributed by atoms with E-state index in [2.05, 4.69) is 5.32 Å². The molecule has 2 rings (SSSR count). The number of carbonyl (C=O) groups is 2. The highest BCUT2D eigenvalue weighted by Crippen LogP contribution is 2.23. The smallest absolute Gasteiger partial charge is 0.303 e. The van der Waals surface area contributed by atoms with E-state index < -0.39 is 5.97 Å². The van der Waals surface area contributed by atoms with E-state index >= 15 is 0 Å². The lowest BCUT2D eigenvalue weighted by molar-refractivity contribution is -0.142. The highest BCUT2D eigenvalue weighted by Gasteiger charge is 2.30. The first kappa shape index (κ1) is 13.3. The number of piperidine rings is 2. The van der Waals surface area contributed by atoms with Crippen LogP contribution in [0.15, 0.2) is 0 Å². The first-order valence-electron chi connectivity index (χ1n) is 6.88. The Morgan fingerprint density at radius 2 is 1.94 bits per heavy atom. The van der Waals surface area contributed by atoms with Gasteiger partial charge in [-0.2, -0.15) is 0 Å². The molecule has 18 heavy (non-hydrogen) atoms. The maximum atomic E-state index is 12.3. The van der Waals surface area contributed by atoms with Gasteiger partial charge < -0.3 is 15.3 Å². The highest BCUT2D eigenvalue weighted by molar-refractivity contribution is 5.79. The average Bonchev–Trinajstić information content (AvgIpc) is 2.38. The van der Waals surface area contributed by atoms with Gasteiger partial charge in [0.15, 0.2) is 0 Å². The van der Waals surface area contributed by atoms with Crippen LogP contribution in [-0.4, -0.2) is 48.1 Å². The number of nitrogens with zero attached hydrogens (tertiary/aromatic N) is 1. The topological polar surface area (TPSA) is 69.6 Å². The minimum atomic E-state index is -0.754. The average molecular weight is 254 g/mol. The van der Waals surface area contributed by atoms with Crippen molar-refractivity contribution < 1.29 is 14.7 Å². The molecular formula is C13H22N2O3. The standard InChI is InChI=1S/C13H22N2O3/c16-12(17)8-10-2-1-7-15(9-10)13(18)11-3-5-14-6-4-11/h10-11,14H,1-9H2,(H,16,17). The number of aliphatic carboxylic acids is 1. The third-order valence-corrected chi connectivity index (χ3v) is 3.98. The van der Waals surface area contributed by atoms with Gasteiger partial charge in [0.1, 0.15) is 0 Å². The van der Waals surface area contributed by atoms with Gasteiger partial charge in [-0.15, -0.1) is 0 Å². The Morgan fingerprint density at radius 1 is 1.22 bits per heavy atom. The minimum Gasteiger partial charge on any atom is -0.481 e. The predicted molar refractivity (Wildman–Crippen MR) is 67.2 cm³/mol. The summed E-state index contributed by atoms with van der Waals surface area (Å²) in [7, 11) is 0. The molecule has 2 fully saturated rings. The second kappa shape index (κ2) is 6.18. The van der Waals surface area contributed by atoms with Gasteiger partial charge in [0.25, 0.3) is 0 Å². The molecule has 2 saturated heterocycles. The van der Waals surface area contributed by atoms with Crippen LogP contribution >= 0.6 is 0 Å². The number of hydrogen-bond donors (Lipinski definition) is 2.